The predicted molar refractivity (Wildman–Crippen MR) is 90.4 cm³/mol. The monoisotopic (exact) mass is 382 g/mol. The molecule has 6 heteroatoms. The molecule has 0 fully saturated rings. The molecule has 0 unspecified atom stereocenters. The van der Waals surface area contributed by atoms with Crippen LogP contribution in [0.25, 0.3) is 10.9 Å². The van der Waals surface area contributed by atoms with Crippen molar-refractivity contribution in [3.8, 4) is 0 Å². The van der Waals surface area contributed by atoms with Crippen LogP contribution in [0.4, 0.5) is 5.69 Å². The number of anilines is 1. The summed E-state index contributed by atoms with van der Waals surface area (Å²) in [5.41, 5.74) is 1.83. The van der Waals surface area contributed by atoms with Crippen LogP contribution in [0.2, 0.25) is 10.0 Å². The quantitative estimate of drug-likeness (QED) is 0.603. The summed E-state index contributed by atoms with van der Waals surface area (Å²) in [6.45, 7) is 0. The molecule has 1 heterocycles. The lowest BCUT2D eigenvalue weighted by molar-refractivity contribution is 0.102. The molecule has 3 nitrogen and oxygen atoms in total. The van der Waals surface area contributed by atoms with Crippen molar-refractivity contribution in [1.82, 2.24) is 4.98 Å². The molecule has 3 rings (SSSR count). The third-order valence-corrected chi connectivity index (χ3v) is 4.12. The normalized spacial score (nSPS) is 10.8. The Hall–Kier alpha value is -1.49. The highest BCUT2D eigenvalue weighted by Crippen LogP contribution is 2.34. The van der Waals surface area contributed by atoms with Gasteiger partial charge < -0.3 is 10.3 Å². The molecule has 1 aromatic heterocycles. The molecule has 0 aliphatic heterocycles. The Labute approximate surface area is 139 Å². The van der Waals surface area contributed by atoms with Crippen molar-refractivity contribution in [3.63, 3.8) is 0 Å². The molecule has 1 amide bonds. The molecule has 106 valence electrons. The lowest BCUT2D eigenvalue weighted by Gasteiger charge is -2.10. The van der Waals surface area contributed by atoms with Crippen LogP contribution >= 0.6 is 39.1 Å². The van der Waals surface area contributed by atoms with Crippen molar-refractivity contribution in [2.45, 2.75) is 0 Å². The highest BCUT2D eigenvalue weighted by atomic mass is 79.9. The van der Waals surface area contributed by atoms with E-state index in [9.17, 15) is 4.79 Å². The Morgan fingerprint density at radius 1 is 1.10 bits per heavy atom. The van der Waals surface area contributed by atoms with Gasteiger partial charge in [0, 0.05) is 21.7 Å². The molecule has 0 aliphatic rings. The van der Waals surface area contributed by atoms with Gasteiger partial charge in [-0.3, -0.25) is 4.79 Å². The Morgan fingerprint density at radius 3 is 2.52 bits per heavy atom. The Kier molecular flexibility index (Phi) is 3.93. The van der Waals surface area contributed by atoms with Crippen molar-refractivity contribution in [1.29, 1.82) is 0 Å². The molecule has 0 bridgehead atoms. The minimum Gasteiger partial charge on any atom is -0.361 e. The number of benzene rings is 2. The predicted octanol–water partition coefficient (Wildman–Crippen LogP) is 5.49. The SMILES string of the molecule is O=C(Nc1c(Cl)cc(Br)cc1Cl)c1ccc2cc[nH]c2c1. The molecule has 2 aromatic carbocycles. The molecular formula is C15H9BrCl2N2O. The topological polar surface area (TPSA) is 44.9 Å². The van der Waals surface area contributed by atoms with Gasteiger partial charge >= 0.3 is 0 Å². The zero-order chi connectivity index (χ0) is 15.0. The number of aromatic amines is 1. The van der Waals surface area contributed by atoms with Gasteiger partial charge in [-0.15, -0.1) is 0 Å². The van der Waals surface area contributed by atoms with Crippen LogP contribution in [-0.4, -0.2) is 10.9 Å². The molecule has 21 heavy (non-hydrogen) atoms. The molecule has 0 saturated carbocycles. The molecule has 0 saturated heterocycles. The van der Waals surface area contributed by atoms with Crippen LogP contribution in [-0.2, 0) is 0 Å². The first-order valence-corrected chi connectivity index (χ1v) is 7.62. The number of fused-ring (bicyclic) bond motifs is 1. The van der Waals surface area contributed by atoms with Gasteiger partial charge in [-0.05, 0) is 35.7 Å². The van der Waals surface area contributed by atoms with Crippen LogP contribution in [0.3, 0.4) is 0 Å². The summed E-state index contributed by atoms with van der Waals surface area (Å²) in [6.07, 6.45) is 1.83. The van der Waals surface area contributed by atoms with Gasteiger partial charge in [0.05, 0.1) is 15.7 Å². The summed E-state index contributed by atoms with van der Waals surface area (Å²) in [4.78, 5) is 15.4. The van der Waals surface area contributed by atoms with Crippen LogP contribution < -0.4 is 5.32 Å². The largest absolute Gasteiger partial charge is 0.361 e. The average Bonchev–Trinajstić information content (AvgIpc) is 2.89. The van der Waals surface area contributed by atoms with Gasteiger partial charge in [-0.2, -0.15) is 0 Å². The average molecular weight is 384 g/mol. The molecule has 3 aromatic rings. The summed E-state index contributed by atoms with van der Waals surface area (Å²) in [5.74, 6) is -0.266. The van der Waals surface area contributed by atoms with Gasteiger partial charge in [0.1, 0.15) is 0 Å². The van der Waals surface area contributed by atoms with Crippen molar-refractivity contribution in [2.24, 2.45) is 0 Å². The molecule has 0 atom stereocenters. The zero-order valence-electron chi connectivity index (χ0n) is 10.6. The molecule has 0 spiro atoms. The summed E-state index contributed by atoms with van der Waals surface area (Å²) in [5, 5.41) is 4.55. The number of carbonyl (C=O) groups is 1. The van der Waals surface area contributed by atoms with Gasteiger partial charge in [0.15, 0.2) is 0 Å². The van der Waals surface area contributed by atoms with Crippen LogP contribution in [0.5, 0.6) is 0 Å². The number of nitrogens with one attached hydrogen (secondary N) is 2. The highest BCUT2D eigenvalue weighted by molar-refractivity contribution is 9.10. The first-order valence-electron chi connectivity index (χ1n) is 6.07. The Balaban J connectivity index is 1.92. The highest BCUT2D eigenvalue weighted by Gasteiger charge is 2.13. The first kappa shape index (κ1) is 14.4. The van der Waals surface area contributed by atoms with E-state index in [1.807, 2.05) is 18.3 Å². The van der Waals surface area contributed by atoms with Crippen molar-refractivity contribution in [3.05, 3.63) is 62.7 Å². The number of hydrogen-bond acceptors (Lipinski definition) is 1. The number of carbonyl (C=O) groups excluding carboxylic acids is 1. The number of H-pyrrole nitrogens is 1. The number of halogens is 3. The maximum atomic E-state index is 12.3. The Bertz CT molecular complexity index is 822. The first-order chi connectivity index (χ1) is 10.0. The summed E-state index contributed by atoms with van der Waals surface area (Å²) >= 11 is 15.5. The van der Waals surface area contributed by atoms with Crippen molar-refractivity contribution < 1.29 is 4.79 Å². The van der Waals surface area contributed by atoms with E-state index in [-0.39, 0.29) is 5.91 Å². The van der Waals surface area contributed by atoms with Gasteiger partial charge in [-0.1, -0.05) is 45.2 Å². The van der Waals surface area contributed by atoms with Gasteiger partial charge in [0.2, 0.25) is 0 Å². The maximum Gasteiger partial charge on any atom is 0.255 e. The van der Waals surface area contributed by atoms with E-state index in [1.54, 1.807) is 24.3 Å². The minimum atomic E-state index is -0.266. The Morgan fingerprint density at radius 2 is 1.81 bits per heavy atom. The molecule has 0 radical (unpaired) electrons. The van der Waals surface area contributed by atoms with E-state index < -0.39 is 0 Å². The second kappa shape index (κ2) is 5.72. The van der Waals surface area contributed by atoms with E-state index >= 15 is 0 Å². The van der Waals surface area contributed by atoms with Gasteiger partial charge in [-0.25, -0.2) is 0 Å². The third-order valence-electron chi connectivity index (χ3n) is 3.06. The van der Waals surface area contributed by atoms with Gasteiger partial charge in [0.25, 0.3) is 5.91 Å². The fraction of sp³-hybridized carbons (Fsp3) is 0. The lowest BCUT2D eigenvalue weighted by atomic mass is 10.1. The number of hydrogen-bond donors (Lipinski definition) is 2. The number of rotatable bonds is 2. The lowest BCUT2D eigenvalue weighted by Crippen LogP contribution is -2.12. The van der Waals surface area contributed by atoms with Crippen molar-refractivity contribution >= 4 is 61.6 Å². The third kappa shape index (κ3) is 2.93. The number of aromatic nitrogens is 1. The van der Waals surface area contributed by atoms with E-state index in [2.05, 4.69) is 26.2 Å². The zero-order valence-corrected chi connectivity index (χ0v) is 13.7. The fourth-order valence-electron chi connectivity index (χ4n) is 2.04. The second-order valence-corrected chi connectivity index (χ2v) is 6.21. The van der Waals surface area contributed by atoms with E-state index in [1.165, 1.54) is 0 Å². The van der Waals surface area contributed by atoms with E-state index in [0.717, 1.165) is 15.4 Å². The minimum absolute atomic E-state index is 0.266. The summed E-state index contributed by atoms with van der Waals surface area (Å²) in [7, 11) is 0. The van der Waals surface area contributed by atoms with Crippen LogP contribution in [0.1, 0.15) is 10.4 Å². The standard InChI is InChI=1S/C15H9BrCl2N2O/c16-10-6-11(17)14(12(18)7-10)20-15(21)9-2-1-8-3-4-19-13(8)5-9/h1-7,19H,(H,20,21). The van der Waals surface area contributed by atoms with E-state index in [4.69, 9.17) is 23.2 Å². The molecular weight excluding hydrogens is 375 g/mol. The molecule has 0 aliphatic carbocycles. The summed E-state index contributed by atoms with van der Waals surface area (Å²) in [6, 6.07) is 10.7. The van der Waals surface area contributed by atoms with Crippen molar-refractivity contribution in [2.75, 3.05) is 5.32 Å². The van der Waals surface area contributed by atoms with E-state index in [0.29, 0.717) is 21.3 Å². The smallest absolute Gasteiger partial charge is 0.255 e. The van der Waals surface area contributed by atoms with Crippen LogP contribution in [0.15, 0.2) is 47.1 Å². The maximum absolute atomic E-state index is 12.3. The second-order valence-electron chi connectivity index (χ2n) is 4.48. The fourth-order valence-corrected chi connectivity index (χ4v) is 3.34. The van der Waals surface area contributed by atoms with Crippen LogP contribution in [0, 0.1) is 0 Å². The summed E-state index contributed by atoms with van der Waals surface area (Å²) < 4.78 is 0.753. The number of amides is 1. The molecule has 2 N–H and O–H groups in total.